The van der Waals surface area contributed by atoms with Gasteiger partial charge in [-0.1, -0.05) is 24.3 Å². The number of rotatable bonds is 2. The van der Waals surface area contributed by atoms with Crippen molar-refractivity contribution in [2.75, 3.05) is 31.9 Å². The standard InChI is InChI=1S/C16H24N2S/c1-16(2)12-18(7-8-19-16)11-14-10-17-9-13-5-3-4-6-15(13)14/h3-6,14,17H,7-12H2,1-2H3. The minimum Gasteiger partial charge on any atom is -0.312 e. The molecule has 0 aromatic heterocycles. The van der Waals surface area contributed by atoms with Gasteiger partial charge in [0.15, 0.2) is 0 Å². The third-order valence-corrected chi connectivity index (χ3v) is 5.48. The molecule has 0 amide bonds. The summed E-state index contributed by atoms with van der Waals surface area (Å²) < 4.78 is 0.417. The Bertz CT molecular complexity index is 444. The summed E-state index contributed by atoms with van der Waals surface area (Å²) in [6, 6.07) is 8.94. The molecular formula is C16H24N2S. The Kier molecular flexibility index (Phi) is 3.88. The molecule has 0 radical (unpaired) electrons. The number of hydrogen-bond acceptors (Lipinski definition) is 3. The average molecular weight is 276 g/mol. The van der Waals surface area contributed by atoms with Gasteiger partial charge in [-0.05, 0) is 25.0 Å². The third-order valence-electron chi connectivity index (χ3n) is 4.18. The molecule has 2 aliphatic rings. The first-order valence-corrected chi connectivity index (χ1v) is 8.27. The topological polar surface area (TPSA) is 15.3 Å². The van der Waals surface area contributed by atoms with Gasteiger partial charge in [-0.15, -0.1) is 0 Å². The molecule has 0 bridgehead atoms. The van der Waals surface area contributed by atoms with Gasteiger partial charge in [0.2, 0.25) is 0 Å². The zero-order chi connectivity index (χ0) is 13.3. The van der Waals surface area contributed by atoms with Gasteiger partial charge in [0.25, 0.3) is 0 Å². The first-order chi connectivity index (χ1) is 9.14. The molecule has 0 saturated carbocycles. The van der Waals surface area contributed by atoms with E-state index in [1.807, 2.05) is 0 Å². The number of benzene rings is 1. The molecule has 1 fully saturated rings. The lowest BCUT2D eigenvalue weighted by atomic mass is 9.90. The molecule has 1 saturated heterocycles. The zero-order valence-electron chi connectivity index (χ0n) is 12.0. The lowest BCUT2D eigenvalue weighted by molar-refractivity contribution is 0.239. The monoisotopic (exact) mass is 276 g/mol. The lowest BCUT2D eigenvalue weighted by Gasteiger charge is -2.40. The van der Waals surface area contributed by atoms with Crippen LogP contribution in [0.4, 0.5) is 0 Å². The second-order valence-corrected chi connectivity index (χ2v) is 8.17. The van der Waals surface area contributed by atoms with Gasteiger partial charge in [0.05, 0.1) is 0 Å². The predicted molar refractivity (Wildman–Crippen MR) is 83.9 cm³/mol. The summed E-state index contributed by atoms with van der Waals surface area (Å²) in [6.45, 7) is 10.6. The van der Waals surface area contributed by atoms with E-state index in [1.165, 1.54) is 31.0 Å². The highest BCUT2D eigenvalue weighted by molar-refractivity contribution is 8.00. The Hall–Kier alpha value is -0.510. The molecule has 1 aromatic carbocycles. The van der Waals surface area contributed by atoms with Crippen molar-refractivity contribution < 1.29 is 0 Å². The molecule has 3 rings (SSSR count). The molecule has 19 heavy (non-hydrogen) atoms. The van der Waals surface area contributed by atoms with Crippen molar-refractivity contribution in [1.82, 2.24) is 10.2 Å². The summed E-state index contributed by atoms with van der Waals surface area (Å²) in [4.78, 5) is 2.66. The maximum absolute atomic E-state index is 3.57. The maximum Gasteiger partial charge on any atom is 0.0231 e. The van der Waals surface area contributed by atoms with E-state index < -0.39 is 0 Å². The van der Waals surface area contributed by atoms with Crippen LogP contribution in [0.5, 0.6) is 0 Å². The van der Waals surface area contributed by atoms with Crippen LogP contribution < -0.4 is 5.32 Å². The lowest BCUT2D eigenvalue weighted by Crippen LogP contribution is -2.46. The number of hydrogen-bond donors (Lipinski definition) is 1. The summed E-state index contributed by atoms with van der Waals surface area (Å²) in [7, 11) is 0. The average Bonchev–Trinajstić information content (AvgIpc) is 2.38. The molecule has 2 nitrogen and oxygen atoms in total. The van der Waals surface area contributed by atoms with Crippen LogP contribution in [0.2, 0.25) is 0 Å². The second-order valence-electron chi connectivity index (χ2n) is 6.37. The highest BCUT2D eigenvalue weighted by atomic mass is 32.2. The summed E-state index contributed by atoms with van der Waals surface area (Å²) in [6.07, 6.45) is 0. The van der Waals surface area contributed by atoms with E-state index in [-0.39, 0.29) is 0 Å². The smallest absolute Gasteiger partial charge is 0.0231 e. The van der Waals surface area contributed by atoms with Crippen LogP contribution >= 0.6 is 11.8 Å². The van der Waals surface area contributed by atoms with Crippen molar-refractivity contribution in [3.8, 4) is 0 Å². The van der Waals surface area contributed by atoms with E-state index in [9.17, 15) is 0 Å². The number of thioether (sulfide) groups is 1. The van der Waals surface area contributed by atoms with Crippen LogP contribution in [-0.4, -0.2) is 41.6 Å². The molecule has 0 aliphatic carbocycles. The van der Waals surface area contributed by atoms with Gasteiger partial charge in [-0.2, -0.15) is 11.8 Å². The van der Waals surface area contributed by atoms with E-state index in [4.69, 9.17) is 0 Å². The van der Waals surface area contributed by atoms with E-state index in [0.29, 0.717) is 10.7 Å². The molecule has 1 N–H and O–H groups in total. The number of nitrogens with one attached hydrogen (secondary N) is 1. The fourth-order valence-corrected chi connectivity index (χ4v) is 4.51. The Morgan fingerprint density at radius 1 is 1.37 bits per heavy atom. The van der Waals surface area contributed by atoms with E-state index in [0.717, 1.165) is 13.1 Å². The van der Waals surface area contributed by atoms with Crippen LogP contribution in [0.3, 0.4) is 0 Å². The van der Waals surface area contributed by atoms with Gasteiger partial charge in [0, 0.05) is 49.1 Å². The predicted octanol–water partition coefficient (Wildman–Crippen LogP) is 2.70. The van der Waals surface area contributed by atoms with Crippen LogP contribution in [-0.2, 0) is 6.54 Å². The van der Waals surface area contributed by atoms with Crippen molar-refractivity contribution in [3.05, 3.63) is 35.4 Å². The minimum atomic E-state index is 0.417. The quantitative estimate of drug-likeness (QED) is 0.894. The SMILES string of the molecule is CC1(C)CN(CC2CNCc3ccccc32)CCS1. The number of fused-ring (bicyclic) bond motifs is 1. The molecule has 2 aliphatic heterocycles. The van der Waals surface area contributed by atoms with Gasteiger partial charge in [-0.25, -0.2) is 0 Å². The molecule has 0 spiro atoms. The van der Waals surface area contributed by atoms with Crippen molar-refractivity contribution >= 4 is 11.8 Å². The Balaban J connectivity index is 1.71. The summed E-state index contributed by atoms with van der Waals surface area (Å²) in [5.74, 6) is 1.93. The largest absolute Gasteiger partial charge is 0.312 e. The molecule has 3 heteroatoms. The molecule has 1 aromatic rings. The van der Waals surface area contributed by atoms with Crippen LogP contribution in [0.25, 0.3) is 0 Å². The Labute approximate surface area is 121 Å². The number of nitrogens with zero attached hydrogens (tertiary/aromatic N) is 1. The summed E-state index contributed by atoms with van der Waals surface area (Å²) in [5, 5.41) is 3.57. The van der Waals surface area contributed by atoms with Gasteiger partial charge in [0.1, 0.15) is 0 Å². The Morgan fingerprint density at radius 3 is 3.05 bits per heavy atom. The van der Waals surface area contributed by atoms with Gasteiger partial charge < -0.3 is 10.2 Å². The van der Waals surface area contributed by atoms with Crippen molar-refractivity contribution in [1.29, 1.82) is 0 Å². The van der Waals surface area contributed by atoms with Crippen LogP contribution in [0, 0.1) is 0 Å². The van der Waals surface area contributed by atoms with Gasteiger partial charge >= 0.3 is 0 Å². The first kappa shape index (κ1) is 13.5. The van der Waals surface area contributed by atoms with E-state index in [2.05, 4.69) is 60.1 Å². The fourth-order valence-electron chi connectivity index (χ4n) is 3.33. The first-order valence-electron chi connectivity index (χ1n) is 7.29. The maximum atomic E-state index is 3.57. The summed E-state index contributed by atoms with van der Waals surface area (Å²) >= 11 is 2.11. The van der Waals surface area contributed by atoms with Crippen molar-refractivity contribution in [2.45, 2.75) is 31.1 Å². The molecule has 104 valence electrons. The van der Waals surface area contributed by atoms with Crippen LogP contribution in [0.15, 0.2) is 24.3 Å². The normalized spacial score (nSPS) is 26.9. The summed E-state index contributed by atoms with van der Waals surface area (Å²) in [5.41, 5.74) is 3.06. The molecule has 1 unspecified atom stereocenters. The third kappa shape index (κ3) is 3.15. The van der Waals surface area contributed by atoms with E-state index >= 15 is 0 Å². The van der Waals surface area contributed by atoms with Crippen LogP contribution in [0.1, 0.15) is 30.9 Å². The minimum absolute atomic E-state index is 0.417. The van der Waals surface area contributed by atoms with E-state index in [1.54, 1.807) is 5.56 Å². The highest BCUT2D eigenvalue weighted by Crippen LogP contribution is 2.31. The van der Waals surface area contributed by atoms with Gasteiger partial charge in [-0.3, -0.25) is 0 Å². The molecule has 2 heterocycles. The zero-order valence-corrected chi connectivity index (χ0v) is 12.8. The molecule has 1 atom stereocenters. The molecular weight excluding hydrogens is 252 g/mol. The fraction of sp³-hybridized carbons (Fsp3) is 0.625. The highest BCUT2D eigenvalue weighted by Gasteiger charge is 2.29. The second kappa shape index (κ2) is 5.47. The van der Waals surface area contributed by atoms with Crippen molar-refractivity contribution in [2.24, 2.45) is 0 Å². The Morgan fingerprint density at radius 2 is 2.21 bits per heavy atom. The van der Waals surface area contributed by atoms with Crippen molar-refractivity contribution in [3.63, 3.8) is 0 Å².